The van der Waals surface area contributed by atoms with Gasteiger partial charge in [-0.15, -0.1) is 0 Å². The molecule has 1 aromatic carbocycles. The SMILES string of the molecule is C=CCOc1ccc(C2=CCCC(=O)N2C)c(Cl)c1. The Morgan fingerprint density at radius 2 is 2.32 bits per heavy atom. The summed E-state index contributed by atoms with van der Waals surface area (Å²) in [6, 6.07) is 5.48. The fraction of sp³-hybridized carbons (Fsp3) is 0.267. The number of allylic oxidation sites excluding steroid dienone is 1. The highest BCUT2D eigenvalue weighted by molar-refractivity contribution is 6.32. The highest BCUT2D eigenvalue weighted by atomic mass is 35.5. The molecule has 4 heteroatoms. The molecule has 1 aromatic rings. The minimum absolute atomic E-state index is 0.112. The van der Waals surface area contributed by atoms with Crippen LogP contribution in [0, 0.1) is 0 Å². The smallest absolute Gasteiger partial charge is 0.227 e. The predicted molar refractivity (Wildman–Crippen MR) is 77.1 cm³/mol. The summed E-state index contributed by atoms with van der Waals surface area (Å²) >= 11 is 6.27. The van der Waals surface area contributed by atoms with Crippen LogP contribution >= 0.6 is 11.6 Å². The maximum atomic E-state index is 11.7. The molecular formula is C15H16ClNO2. The van der Waals surface area contributed by atoms with Gasteiger partial charge in [-0.05, 0) is 24.6 Å². The van der Waals surface area contributed by atoms with Crippen LogP contribution in [-0.2, 0) is 4.79 Å². The van der Waals surface area contributed by atoms with Crippen molar-refractivity contribution in [2.45, 2.75) is 12.8 Å². The van der Waals surface area contributed by atoms with E-state index < -0.39 is 0 Å². The first-order valence-electron chi connectivity index (χ1n) is 6.14. The lowest BCUT2D eigenvalue weighted by Crippen LogP contribution is -2.27. The van der Waals surface area contributed by atoms with Gasteiger partial charge in [0.2, 0.25) is 5.91 Å². The van der Waals surface area contributed by atoms with Crippen molar-refractivity contribution in [1.82, 2.24) is 4.90 Å². The van der Waals surface area contributed by atoms with Crippen LogP contribution in [0.2, 0.25) is 5.02 Å². The summed E-state index contributed by atoms with van der Waals surface area (Å²) < 4.78 is 5.42. The summed E-state index contributed by atoms with van der Waals surface area (Å²) in [6.07, 6.45) is 5.02. The number of carbonyl (C=O) groups excluding carboxylic acids is 1. The van der Waals surface area contributed by atoms with Crippen molar-refractivity contribution in [2.75, 3.05) is 13.7 Å². The van der Waals surface area contributed by atoms with Gasteiger partial charge in [0.1, 0.15) is 12.4 Å². The Morgan fingerprint density at radius 3 is 3.00 bits per heavy atom. The summed E-state index contributed by atoms with van der Waals surface area (Å²) in [7, 11) is 1.77. The van der Waals surface area contributed by atoms with E-state index in [1.54, 1.807) is 24.1 Å². The molecule has 0 radical (unpaired) electrons. The third-order valence-corrected chi connectivity index (χ3v) is 3.33. The van der Waals surface area contributed by atoms with Crippen LogP contribution in [0.3, 0.4) is 0 Å². The van der Waals surface area contributed by atoms with Crippen molar-refractivity contribution in [1.29, 1.82) is 0 Å². The zero-order valence-corrected chi connectivity index (χ0v) is 11.6. The highest BCUT2D eigenvalue weighted by Crippen LogP contribution is 2.32. The van der Waals surface area contributed by atoms with E-state index in [2.05, 4.69) is 6.58 Å². The third kappa shape index (κ3) is 2.99. The zero-order chi connectivity index (χ0) is 13.8. The van der Waals surface area contributed by atoms with Gasteiger partial charge in [0.05, 0.1) is 5.02 Å². The van der Waals surface area contributed by atoms with Crippen LogP contribution in [0.4, 0.5) is 0 Å². The first-order chi connectivity index (χ1) is 9.13. The zero-order valence-electron chi connectivity index (χ0n) is 10.9. The Hall–Kier alpha value is -1.74. The molecule has 3 nitrogen and oxygen atoms in total. The second-order valence-corrected chi connectivity index (χ2v) is 4.73. The molecule has 1 amide bonds. The minimum Gasteiger partial charge on any atom is -0.490 e. The number of nitrogens with zero attached hydrogens (tertiary/aromatic N) is 1. The lowest BCUT2D eigenvalue weighted by Gasteiger charge is -2.25. The summed E-state index contributed by atoms with van der Waals surface area (Å²) in [5.74, 6) is 0.805. The molecule has 100 valence electrons. The van der Waals surface area contributed by atoms with E-state index in [0.717, 1.165) is 17.7 Å². The highest BCUT2D eigenvalue weighted by Gasteiger charge is 2.20. The molecule has 1 aliphatic heterocycles. The topological polar surface area (TPSA) is 29.5 Å². The molecule has 0 N–H and O–H groups in total. The van der Waals surface area contributed by atoms with Crippen molar-refractivity contribution >= 4 is 23.2 Å². The molecule has 0 spiro atoms. The molecular weight excluding hydrogens is 262 g/mol. The van der Waals surface area contributed by atoms with Gasteiger partial charge in [0.15, 0.2) is 0 Å². The Balaban J connectivity index is 2.28. The largest absolute Gasteiger partial charge is 0.490 e. The van der Waals surface area contributed by atoms with Crippen molar-refractivity contribution in [3.05, 3.63) is 47.5 Å². The van der Waals surface area contributed by atoms with Crippen LogP contribution in [0.5, 0.6) is 5.75 Å². The van der Waals surface area contributed by atoms with Gasteiger partial charge >= 0.3 is 0 Å². The quantitative estimate of drug-likeness (QED) is 0.789. The molecule has 1 heterocycles. The van der Waals surface area contributed by atoms with E-state index in [-0.39, 0.29) is 5.91 Å². The van der Waals surface area contributed by atoms with E-state index in [0.29, 0.717) is 23.8 Å². The average Bonchev–Trinajstić information content (AvgIpc) is 2.40. The van der Waals surface area contributed by atoms with Crippen LogP contribution in [-0.4, -0.2) is 24.5 Å². The third-order valence-electron chi connectivity index (χ3n) is 3.02. The number of ether oxygens (including phenoxy) is 1. The first-order valence-corrected chi connectivity index (χ1v) is 6.51. The maximum Gasteiger partial charge on any atom is 0.227 e. The molecule has 0 saturated carbocycles. The standard InChI is InChI=1S/C15H16ClNO2/c1-3-9-19-11-7-8-12(13(16)10-11)14-5-4-6-15(18)17(14)2/h3,5,7-8,10H,1,4,6,9H2,2H3. The predicted octanol–water partition coefficient (Wildman–Crippen LogP) is 3.50. The van der Waals surface area contributed by atoms with Gasteiger partial charge in [-0.25, -0.2) is 0 Å². The Labute approximate surface area is 118 Å². The van der Waals surface area contributed by atoms with Crippen LogP contribution in [0.15, 0.2) is 36.9 Å². The minimum atomic E-state index is 0.112. The monoisotopic (exact) mass is 277 g/mol. The molecule has 0 unspecified atom stereocenters. The molecule has 19 heavy (non-hydrogen) atoms. The number of rotatable bonds is 4. The van der Waals surface area contributed by atoms with Gasteiger partial charge in [-0.1, -0.05) is 30.3 Å². The second-order valence-electron chi connectivity index (χ2n) is 4.32. The molecule has 0 saturated heterocycles. The molecule has 2 rings (SSSR count). The van der Waals surface area contributed by atoms with Gasteiger partial charge in [0.25, 0.3) is 0 Å². The van der Waals surface area contributed by atoms with Gasteiger partial charge in [-0.3, -0.25) is 4.79 Å². The van der Waals surface area contributed by atoms with Gasteiger partial charge in [0, 0.05) is 24.7 Å². The fourth-order valence-electron chi connectivity index (χ4n) is 2.01. The number of amides is 1. The summed E-state index contributed by atoms with van der Waals surface area (Å²) in [5, 5.41) is 0.578. The van der Waals surface area contributed by atoms with Crippen LogP contribution in [0.1, 0.15) is 18.4 Å². The van der Waals surface area contributed by atoms with E-state index in [1.807, 2.05) is 18.2 Å². The number of hydrogen-bond donors (Lipinski definition) is 0. The number of carbonyl (C=O) groups is 1. The lowest BCUT2D eigenvalue weighted by molar-refractivity contribution is -0.127. The van der Waals surface area contributed by atoms with E-state index in [1.165, 1.54) is 0 Å². The van der Waals surface area contributed by atoms with E-state index >= 15 is 0 Å². The Kier molecular flexibility index (Phi) is 4.27. The summed E-state index contributed by atoms with van der Waals surface area (Å²) in [6.45, 7) is 4.04. The van der Waals surface area contributed by atoms with E-state index in [9.17, 15) is 4.79 Å². The van der Waals surface area contributed by atoms with Crippen LogP contribution in [0.25, 0.3) is 5.70 Å². The number of hydrogen-bond acceptors (Lipinski definition) is 2. The maximum absolute atomic E-state index is 11.7. The molecule has 0 atom stereocenters. The van der Waals surface area contributed by atoms with E-state index in [4.69, 9.17) is 16.3 Å². The van der Waals surface area contributed by atoms with Crippen molar-refractivity contribution in [3.63, 3.8) is 0 Å². The number of benzene rings is 1. The Morgan fingerprint density at radius 1 is 1.53 bits per heavy atom. The van der Waals surface area contributed by atoms with Crippen molar-refractivity contribution in [3.8, 4) is 5.75 Å². The summed E-state index contributed by atoms with van der Waals surface area (Å²) in [5.41, 5.74) is 1.71. The fourth-order valence-corrected chi connectivity index (χ4v) is 2.28. The second kappa shape index (κ2) is 5.93. The Bertz CT molecular complexity index is 537. The molecule has 0 aliphatic carbocycles. The number of halogens is 1. The first kappa shape index (κ1) is 13.7. The molecule has 0 aromatic heterocycles. The average molecular weight is 278 g/mol. The summed E-state index contributed by atoms with van der Waals surface area (Å²) in [4.78, 5) is 13.4. The van der Waals surface area contributed by atoms with Crippen molar-refractivity contribution < 1.29 is 9.53 Å². The van der Waals surface area contributed by atoms with Gasteiger partial charge in [-0.2, -0.15) is 0 Å². The molecule has 1 aliphatic rings. The molecule has 0 fully saturated rings. The lowest BCUT2D eigenvalue weighted by atomic mass is 10.0. The molecule has 0 bridgehead atoms. The normalized spacial score (nSPS) is 15.2. The van der Waals surface area contributed by atoms with Crippen molar-refractivity contribution in [2.24, 2.45) is 0 Å². The van der Waals surface area contributed by atoms with Gasteiger partial charge < -0.3 is 9.64 Å². The van der Waals surface area contributed by atoms with Crippen LogP contribution < -0.4 is 4.74 Å².